The molecule has 5 heteroatoms. The first-order valence-corrected chi connectivity index (χ1v) is 8.99. The number of hydrogen-bond donors (Lipinski definition) is 2. The molecule has 2 aromatic carbocycles. The summed E-state index contributed by atoms with van der Waals surface area (Å²) < 4.78 is 5.12. The summed E-state index contributed by atoms with van der Waals surface area (Å²) in [6.45, 7) is 2.26. The molecule has 2 N–H and O–H groups in total. The van der Waals surface area contributed by atoms with Crippen LogP contribution in [0.2, 0.25) is 0 Å². The van der Waals surface area contributed by atoms with Crippen molar-refractivity contribution in [2.45, 2.75) is 18.0 Å². The van der Waals surface area contributed by atoms with E-state index in [2.05, 4.69) is 64.2 Å². The van der Waals surface area contributed by atoms with Gasteiger partial charge in [0.2, 0.25) is 0 Å². The van der Waals surface area contributed by atoms with Crippen LogP contribution in [0.5, 0.6) is 0 Å². The number of ether oxygens (including phenoxy) is 1. The zero-order valence-corrected chi connectivity index (χ0v) is 15.1. The van der Waals surface area contributed by atoms with Gasteiger partial charge in [-0.3, -0.25) is 4.99 Å². The second-order valence-electron chi connectivity index (χ2n) is 5.26. The van der Waals surface area contributed by atoms with Gasteiger partial charge in [0.25, 0.3) is 0 Å². The van der Waals surface area contributed by atoms with Crippen LogP contribution in [0, 0.1) is 0 Å². The summed E-state index contributed by atoms with van der Waals surface area (Å²) in [6.07, 6.45) is 0. The molecule has 0 aliphatic carbocycles. The van der Waals surface area contributed by atoms with E-state index in [1.165, 1.54) is 16.0 Å². The molecule has 0 radical (unpaired) electrons. The highest BCUT2D eigenvalue weighted by atomic mass is 32.2. The highest BCUT2D eigenvalue weighted by molar-refractivity contribution is 7.99. The number of nitrogens with one attached hydrogen (secondary N) is 2. The molecular formula is C19H25N3OS. The summed E-state index contributed by atoms with van der Waals surface area (Å²) in [5.74, 6) is 1.82. The topological polar surface area (TPSA) is 45.7 Å². The number of nitrogens with zero attached hydrogens (tertiary/aromatic N) is 1. The summed E-state index contributed by atoms with van der Waals surface area (Å²) >= 11 is 1.84. The minimum absolute atomic E-state index is 0.649. The summed E-state index contributed by atoms with van der Waals surface area (Å²) in [7, 11) is 3.50. The summed E-state index contributed by atoms with van der Waals surface area (Å²) in [5, 5.41) is 6.67. The summed E-state index contributed by atoms with van der Waals surface area (Å²) in [4.78, 5) is 5.55. The summed E-state index contributed by atoms with van der Waals surface area (Å²) in [5.41, 5.74) is 2.40. The number of benzene rings is 2. The zero-order chi connectivity index (χ0) is 17.0. The fourth-order valence-electron chi connectivity index (χ4n) is 2.18. The van der Waals surface area contributed by atoms with E-state index in [9.17, 15) is 0 Å². The van der Waals surface area contributed by atoms with Crippen molar-refractivity contribution in [3.05, 3.63) is 65.7 Å². The highest BCUT2D eigenvalue weighted by Crippen LogP contribution is 2.15. The van der Waals surface area contributed by atoms with Gasteiger partial charge in [0.05, 0.1) is 6.61 Å². The molecule has 0 saturated heterocycles. The van der Waals surface area contributed by atoms with Crippen molar-refractivity contribution in [1.29, 1.82) is 0 Å². The van der Waals surface area contributed by atoms with Gasteiger partial charge in [0, 0.05) is 37.9 Å². The first-order chi connectivity index (χ1) is 11.8. The first-order valence-electron chi connectivity index (χ1n) is 8.01. The number of rotatable bonds is 8. The molecule has 4 nitrogen and oxygen atoms in total. The molecule has 0 spiro atoms. The Labute approximate surface area is 148 Å². The molecule has 0 fully saturated rings. The van der Waals surface area contributed by atoms with E-state index in [1.807, 2.05) is 17.8 Å². The van der Waals surface area contributed by atoms with Crippen LogP contribution >= 0.6 is 11.8 Å². The van der Waals surface area contributed by atoms with Crippen LogP contribution in [0.4, 0.5) is 0 Å². The number of guanidine groups is 1. The standard InChI is InChI=1S/C19H25N3OS/c1-20-19(21-12-13-24-18-6-4-3-5-7-18)22-14-16-8-10-17(11-9-16)15-23-2/h3-11H,12-15H2,1-2H3,(H2,20,21,22). The molecule has 0 unspecified atom stereocenters. The van der Waals surface area contributed by atoms with E-state index in [-0.39, 0.29) is 0 Å². The van der Waals surface area contributed by atoms with Crippen LogP contribution in [0.1, 0.15) is 11.1 Å². The van der Waals surface area contributed by atoms with Crippen LogP contribution < -0.4 is 10.6 Å². The Morgan fingerprint density at radius 3 is 2.38 bits per heavy atom. The fraction of sp³-hybridized carbons (Fsp3) is 0.316. The Balaban J connectivity index is 1.68. The Morgan fingerprint density at radius 1 is 1.00 bits per heavy atom. The Kier molecular flexibility index (Phi) is 8.21. The minimum Gasteiger partial charge on any atom is -0.380 e. The predicted octanol–water partition coefficient (Wildman–Crippen LogP) is 3.29. The lowest BCUT2D eigenvalue weighted by Crippen LogP contribution is -2.37. The molecular weight excluding hydrogens is 318 g/mol. The van der Waals surface area contributed by atoms with Gasteiger partial charge >= 0.3 is 0 Å². The average molecular weight is 343 g/mol. The van der Waals surface area contributed by atoms with Crippen molar-refractivity contribution >= 4 is 17.7 Å². The first kappa shape index (κ1) is 18.4. The van der Waals surface area contributed by atoms with Gasteiger partial charge in [-0.2, -0.15) is 0 Å². The van der Waals surface area contributed by atoms with Crippen molar-refractivity contribution in [1.82, 2.24) is 10.6 Å². The van der Waals surface area contributed by atoms with Crippen LogP contribution in [-0.2, 0) is 17.9 Å². The van der Waals surface area contributed by atoms with E-state index < -0.39 is 0 Å². The molecule has 0 heterocycles. The van der Waals surface area contributed by atoms with Gasteiger partial charge in [0.1, 0.15) is 0 Å². The molecule has 0 atom stereocenters. The van der Waals surface area contributed by atoms with Crippen molar-refractivity contribution in [2.75, 3.05) is 26.5 Å². The maximum Gasteiger partial charge on any atom is 0.191 e. The van der Waals surface area contributed by atoms with Crippen molar-refractivity contribution in [3.8, 4) is 0 Å². The lowest BCUT2D eigenvalue weighted by molar-refractivity contribution is 0.185. The van der Waals surface area contributed by atoms with E-state index in [0.717, 1.165) is 24.8 Å². The van der Waals surface area contributed by atoms with Gasteiger partial charge in [-0.1, -0.05) is 42.5 Å². The number of hydrogen-bond acceptors (Lipinski definition) is 3. The smallest absolute Gasteiger partial charge is 0.191 e. The molecule has 128 valence electrons. The van der Waals surface area contributed by atoms with Crippen molar-refractivity contribution in [2.24, 2.45) is 4.99 Å². The lowest BCUT2D eigenvalue weighted by Gasteiger charge is -2.12. The average Bonchev–Trinajstić information content (AvgIpc) is 2.63. The molecule has 2 aromatic rings. The maximum absolute atomic E-state index is 5.12. The van der Waals surface area contributed by atoms with E-state index in [4.69, 9.17) is 4.74 Å². The van der Waals surface area contributed by atoms with Gasteiger partial charge in [0.15, 0.2) is 5.96 Å². The SMILES string of the molecule is CN=C(NCCSc1ccccc1)NCc1ccc(COC)cc1. The third kappa shape index (κ3) is 6.64. The van der Waals surface area contributed by atoms with Gasteiger partial charge < -0.3 is 15.4 Å². The fourth-order valence-corrected chi connectivity index (χ4v) is 2.97. The van der Waals surface area contributed by atoms with E-state index >= 15 is 0 Å². The highest BCUT2D eigenvalue weighted by Gasteiger charge is 1.99. The number of methoxy groups -OCH3 is 1. The Morgan fingerprint density at radius 2 is 1.71 bits per heavy atom. The predicted molar refractivity (Wildman–Crippen MR) is 103 cm³/mol. The second-order valence-corrected chi connectivity index (χ2v) is 6.43. The maximum atomic E-state index is 5.12. The molecule has 0 aliphatic heterocycles. The summed E-state index contributed by atoms with van der Waals surface area (Å²) in [6, 6.07) is 18.8. The molecule has 0 bridgehead atoms. The van der Waals surface area contributed by atoms with Crippen LogP contribution in [0.25, 0.3) is 0 Å². The van der Waals surface area contributed by atoms with Crippen LogP contribution in [0.15, 0.2) is 64.5 Å². The largest absolute Gasteiger partial charge is 0.380 e. The number of thioether (sulfide) groups is 1. The molecule has 0 saturated carbocycles. The van der Waals surface area contributed by atoms with Crippen molar-refractivity contribution < 1.29 is 4.74 Å². The molecule has 24 heavy (non-hydrogen) atoms. The van der Waals surface area contributed by atoms with E-state index in [1.54, 1.807) is 14.2 Å². The molecule has 0 aliphatic rings. The molecule has 0 amide bonds. The zero-order valence-electron chi connectivity index (χ0n) is 14.3. The van der Waals surface area contributed by atoms with Gasteiger partial charge in [-0.05, 0) is 23.3 Å². The molecule has 2 rings (SSSR count). The lowest BCUT2D eigenvalue weighted by atomic mass is 10.1. The number of aliphatic imine (C=N–C) groups is 1. The second kappa shape index (κ2) is 10.7. The monoisotopic (exact) mass is 343 g/mol. The van der Waals surface area contributed by atoms with Crippen molar-refractivity contribution in [3.63, 3.8) is 0 Å². The molecule has 0 aromatic heterocycles. The quantitative estimate of drug-likeness (QED) is 0.334. The van der Waals surface area contributed by atoms with E-state index in [0.29, 0.717) is 6.61 Å². The minimum atomic E-state index is 0.649. The van der Waals surface area contributed by atoms with Gasteiger partial charge in [-0.15, -0.1) is 11.8 Å². The van der Waals surface area contributed by atoms with Crippen LogP contribution in [0.3, 0.4) is 0 Å². The third-order valence-corrected chi connectivity index (χ3v) is 4.44. The third-order valence-electron chi connectivity index (χ3n) is 3.42. The Hall–Kier alpha value is -1.98. The van der Waals surface area contributed by atoms with Crippen LogP contribution in [-0.4, -0.2) is 32.4 Å². The normalized spacial score (nSPS) is 11.3. The van der Waals surface area contributed by atoms with Gasteiger partial charge in [-0.25, -0.2) is 0 Å². The Bertz CT molecular complexity index is 614.